The molecule has 0 saturated heterocycles. The van der Waals surface area contributed by atoms with Crippen LogP contribution in [0.15, 0.2) is 72.0 Å². The van der Waals surface area contributed by atoms with Gasteiger partial charge in [-0.2, -0.15) is 18.3 Å². The smallest absolute Gasteiger partial charge is 0.416 e. The quantitative estimate of drug-likeness (QED) is 0.350. The van der Waals surface area contributed by atoms with Crippen molar-refractivity contribution >= 4 is 17.8 Å². The van der Waals surface area contributed by atoms with Crippen molar-refractivity contribution in [1.82, 2.24) is 10.4 Å². The number of nitrogens with zero attached hydrogens (tertiary/aromatic N) is 3. The van der Waals surface area contributed by atoms with Gasteiger partial charge >= 0.3 is 6.18 Å². The minimum atomic E-state index is -4.55. The van der Waals surface area contributed by atoms with E-state index in [0.717, 1.165) is 24.4 Å². The van der Waals surface area contributed by atoms with Crippen molar-refractivity contribution in [3.63, 3.8) is 0 Å². The summed E-state index contributed by atoms with van der Waals surface area (Å²) in [4.78, 5) is 25.8. The number of alkyl halides is 3. The van der Waals surface area contributed by atoms with Gasteiger partial charge in [0.15, 0.2) is 0 Å². The number of carbonyl (C=O) groups is 1. The molecule has 0 fully saturated rings. The third-order valence-electron chi connectivity index (χ3n) is 3.87. The number of hydrogen-bond acceptors (Lipinski definition) is 6. The first kappa shape index (κ1) is 21.4. The maximum Gasteiger partial charge on any atom is 0.416 e. The molecule has 0 unspecified atom stereocenters. The highest BCUT2D eigenvalue weighted by Gasteiger charge is 2.30. The molecule has 0 atom stereocenters. The molecule has 1 aromatic heterocycles. The Balaban J connectivity index is 1.58. The monoisotopic (exact) mass is 430 g/mol. The van der Waals surface area contributed by atoms with E-state index in [-0.39, 0.29) is 17.1 Å². The number of aromatic nitrogens is 1. The summed E-state index contributed by atoms with van der Waals surface area (Å²) in [6, 6.07) is 13.0. The first-order valence-electron chi connectivity index (χ1n) is 8.61. The number of carbonyl (C=O) groups excluding carboxylic acids is 1. The predicted octanol–water partition coefficient (Wildman–Crippen LogP) is 4.56. The molecular weight excluding hydrogens is 417 g/mol. The van der Waals surface area contributed by atoms with Gasteiger partial charge in [0.05, 0.1) is 16.7 Å². The number of hydrazone groups is 1. The summed E-state index contributed by atoms with van der Waals surface area (Å²) in [5, 5.41) is 14.3. The van der Waals surface area contributed by atoms with Gasteiger partial charge in [-0.25, -0.2) is 10.4 Å². The van der Waals surface area contributed by atoms with E-state index in [1.54, 1.807) is 24.3 Å². The van der Waals surface area contributed by atoms with E-state index in [9.17, 15) is 28.1 Å². The van der Waals surface area contributed by atoms with Gasteiger partial charge in [0.1, 0.15) is 11.9 Å². The number of pyridine rings is 1. The number of ether oxygens (including phenoxy) is 1. The number of hydrogen-bond donors (Lipinski definition) is 1. The minimum Gasteiger partial charge on any atom is -0.439 e. The van der Waals surface area contributed by atoms with Crippen molar-refractivity contribution in [3.8, 4) is 11.6 Å². The van der Waals surface area contributed by atoms with Crippen LogP contribution in [0.2, 0.25) is 0 Å². The van der Waals surface area contributed by atoms with Gasteiger partial charge < -0.3 is 4.74 Å². The lowest BCUT2D eigenvalue weighted by atomic mass is 10.1. The van der Waals surface area contributed by atoms with Crippen molar-refractivity contribution in [2.45, 2.75) is 6.18 Å². The predicted molar refractivity (Wildman–Crippen MR) is 104 cm³/mol. The van der Waals surface area contributed by atoms with E-state index in [0.29, 0.717) is 11.3 Å². The Labute approximate surface area is 173 Å². The van der Waals surface area contributed by atoms with E-state index in [2.05, 4.69) is 15.5 Å². The summed E-state index contributed by atoms with van der Waals surface area (Å²) in [7, 11) is 0. The molecule has 0 radical (unpaired) electrons. The van der Waals surface area contributed by atoms with Crippen LogP contribution in [0, 0.1) is 10.1 Å². The summed E-state index contributed by atoms with van der Waals surface area (Å²) < 4.78 is 43.6. The van der Waals surface area contributed by atoms with Gasteiger partial charge in [-0.3, -0.25) is 14.9 Å². The van der Waals surface area contributed by atoms with Gasteiger partial charge in [-0.05, 0) is 48.0 Å². The van der Waals surface area contributed by atoms with E-state index in [4.69, 9.17) is 4.74 Å². The van der Waals surface area contributed by atoms with Gasteiger partial charge in [0.25, 0.3) is 11.6 Å². The summed E-state index contributed by atoms with van der Waals surface area (Å²) >= 11 is 0. The average Bonchev–Trinajstić information content (AvgIpc) is 2.75. The Bertz CT molecular complexity index is 1110. The second kappa shape index (κ2) is 9.03. The summed E-state index contributed by atoms with van der Waals surface area (Å²) in [5.41, 5.74) is 1.47. The zero-order valence-corrected chi connectivity index (χ0v) is 15.5. The molecule has 0 aliphatic heterocycles. The second-order valence-electron chi connectivity index (χ2n) is 6.06. The molecule has 0 spiro atoms. The molecule has 0 saturated carbocycles. The number of amides is 1. The Hall–Kier alpha value is -4.28. The van der Waals surface area contributed by atoms with Crippen LogP contribution in [-0.2, 0) is 6.18 Å². The maximum atomic E-state index is 12.7. The average molecular weight is 430 g/mol. The van der Waals surface area contributed by atoms with Crippen molar-refractivity contribution in [3.05, 3.63) is 93.7 Å². The van der Waals surface area contributed by atoms with Crippen LogP contribution in [0.4, 0.5) is 18.9 Å². The van der Waals surface area contributed by atoms with Crippen LogP contribution >= 0.6 is 0 Å². The zero-order valence-electron chi connectivity index (χ0n) is 15.5. The molecule has 0 aliphatic carbocycles. The number of nitrogens with one attached hydrogen (secondary N) is 1. The van der Waals surface area contributed by atoms with E-state index < -0.39 is 22.6 Å². The molecule has 8 nitrogen and oxygen atoms in total. The standard InChI is InChI=1S/C20H13F3N4O4/c21-20(22,23)15-3-1-2-14(10-15)19(28)26-25-11-13-4-7-17(8-5-13)31-18-9-6-16(12-24-18)27(29)30/h1-12H,(H,26,28)/b25-11-. The molecule has 1 heterocycles. The third-order valence-corrected chi connectivity index (χ3v) is 3.87. The topological polar surface area (TPSA) is 107 Å². The van der Waals surface area contributed by atoms with Gasteiger partial charge in [0.2, 0.25) is 5.88 Å². The van der Waals surface area contributed by atoms with E-state index >= 15 is 0 Å². The molecule has 158 valence electrons. The SMILES string of the molecule is O=C(N/N=C\c1ccc(Oc2ccc([N+](=O)[O-])cn2)cc1)c1cccc(C(F)(F)F)c1. The highest BCUT2D eigenvalue weighted by Crippen LogP contribution is 2.29. The summed E-state index contributed by atoms with van der Waals surface area (Å²) in [6.45, 7) is 0. The Morgan fingerprint density at radius 1 is 1.13 bits per heavy atom. The van der Waals surface area contributed by atoms with Crippen molar-refractivity contribution in [2.24, 2.45) is 5.10 Å². The first-order chi connectivity index (χ1) is 14.7. The Kier molecular flexibility index (Phi) is 6.24. The molecular formula is C20H13F3N4O4. The van der Waals surface area contributed by atoms with Gasteiger partial charge in [-0.1, -0.05) is 6.07 Å². The largest absolute Gasteiger partial charge is 0.439 e. The highest BCUT2D eigenvalue weighted by molar-refractivity contribution is 5.95. The lowest BCUT2D eigenvalue weighted by molar-refractivity contribution is -0.385. The molecule has 0 aliphatic rings. The van der Waals surface area contributed by atoms with Crippen molar-refractivity contribution in [1.29, 1.82) is 0 Å². The fraction of sp³-hybridized carbons (Fsp3) is 0.0500. The van der Waals surface area contributed by atoms with Gasteiger partial charge in [0, 0.05) is 17.7 Å². The van der Waals surface area contributed by atoms with Gasteiger partial charge in [-0.15, -0.1) is 0 Å². The highest BCUT2D eigenvalue weighted by atomic mass is 19.4. The molecule has 31 heavy (non-hydrogen) atoms. The fourth-order valence-electron chi connectivity index (χ4n) is 2.35. The lowest BCUT2D eigenvalue weighted by Gasteiger charge is -2.07. The van der Waals surface area contributed by atoms with Crippen LogP contribution in [0.25, 0.3) is 0 Å². The first-order valence-corrected chi connectivity index (χ1v) is 8.61. The normalized spacial score (nSPS) is 11.3. The van der Waals surface area contributed by atoms with Crippen molar-refractivity contribution < 1.29 is 27.6 Å². The molecule has 1 N–H and O–H groups in total. The summed E-state index contributed by atoms with van der Waals surface area (Å²) in [6.07, 6.45) is -2.17. The van der Waals surface area contributed by atoms with Crippen molar-refractivity contribution in [2.75, 3.05) is 0 Å². The Morgan fingerprint density at radius 3 is 2.48 bits per heavy atom. The van der Waals surface area contributed by atoms with E-state index in [1.807, 2.05) is 0 Å². The minimum absolute atomic E-state index is 0.161. The molecule has 2 aromatic carbocycles. The molecule has 1 amide bonds. The van der Waals surface area contributed by atoms with Crippen LogP contribution in [0.3, 0.4) is 0 Å². The number of rotatable bonds is 6. The van der Waals surface area contributed by atoms with Crippen LogP contribution in [0.5, 0.6) is 11.6 Å². The molecule has 3 aromatic rings. The van der Waals surface area contributed by atoms with Crippen LogP contribution in [-0.4, -0.2) is 22.0 Å². The molecule has 3 rings (SSSR count). The second-order valence-corrected chi connectivity index (χ2v) is 6.06. The molecule has 0 bridgehead atoms. The zero-order chi connectivity index (χ0) is 22.4. The maximum absolute atomic E-state index is 12.7. The number of nitro groups is 1. The van der Waals surface area contributed by atoms with E-state index in [1.165, 1.54) is 24.4 Å². The lowest BCUT2D eigenvalue weighted by Crippen LogP contribution is -2.18. The third kappa shape index (κ3) is 5.85. The van der Waals surface area contributed by atoms with Crippen LogP contribution in [0.1, 0.15) is 21.5 Å². The number of halogens is 3. The van der Waals surface area contributed by atoms with Crippen LogP contribution < -0.4 is 10.2 Å². The number of benzene rings is 2. The Morgan fingerprint density at radius 2 is 1.87 bits per heavy atom. The molecule has 11 heteroatoms. The summed E-state index contributed by atoms with van der Waals surface area (Å²) in [5.74, 6) is -0.210. The fourth-order valence-corrected chi connectivity index (χ4v) is 2.35.